The molecule has 1 aliphatic rings. The zero-order valence-corrected chi connectivity index (χ0v) is 11.0. The first-order valence-corrected chi connectivity index (χ1v) is 6.93. The van der Waals surface area contributed by atoms with Gasteiger partial charge in [0.2, 0.25) is 5.91 Å². The number of amides is 1. The minimum Gasteiger partial charge on any atom is -0.325 e. The third-order valence-corrected chi connectivity index (χ3v) is 4.05. The SMILES string of the molecule is N#Cc1nc2ccc(NC(=O)[C@@H]3CCCN3)cc2s1. The van der Waals surface area contributed by atoms with Crippen LogP contribution in [0.3, 0.4) is 0 Å². The van der Waals surface area contributed by atoms with E-state index in [0.29, 0.717) is 5.01 Å². The van der Waals surface area contributed by atoms with Gasteiger partial charge in [-0.25, -0.2) is 4.98 Å². The molecule has 19 heavy (non-hydrogen) atoms. The molecule has 1 aromatic heterocycles. The summed E-state index contributed by atoms with van der Waals surface area (Å²) >= 11 is 1.33. The van der Waals surface area contributed by atoms with Gasteiger partial charge in [0.25, 0.3) is 0 Å². The Hall–Kier alpha value is -1.97. The third kappa shape index (κ3) is 2.43. The first-order chi connectivity index (χ1) is 9.26. The van der Waals surface area contributed by atoms with E-state index >= 15 is 0 Å². The predicted octanol–water partition coefficient (Wildman–Crippen LogP) is 1.86. The second-order valence-electron chi connectivity index (χ2n) is 4.45. The fourth-order valence-corrected chi connectivity index (χ4v) is 2.99. The number of nitrogens with one attached hydrogen (secondary N) is 2. The summed E-state index contributed by atoms with van der Waals surface area (Å²) in [6.45, 7) is 0.900. The molecule has 1 saturated heterocycles. The summed E-state index contributed by atoms with van der Waals surface area (Å²) in [6, 6.07) is 7.44. The Morgan fingerprint density at radius 3 is 3.21 bits per heavy atom. The van der Waals surface area contributed by atoms with Gasteiger partial charge in [0.05, 0.1) is 16.3 Å². The normalized spacial score (nSPS) is 18.4. The molecule has 0 saturated carbocycles. The van der Waals surface area contributed by atoms with Gasteiger partial charge in [-0.15, -0.1) is 11.3 Å². The summed E-state index contributed by atoms with van der Waals surface area (Å²) in [5, 5.41) is 15.3. The van der Waals surface area contributed by atoms with Crippen molar-refractivity contribution in [2.45, 2.75) is 18.9 Å². The summed E-state index contributed by atoms with van der Waals surface area (Å²) in [4.78, 5) is 16.1. The van der Waals surface area contributed by atoms with E-state index in [1.807, 2.05) is 24.3 Å². The number of carbonyl (C=O) groups is 1. The lowest BCUT2D eigenvalue weighted by Crippen LogP contribution is -2.35. The van der Waals surface area contributed by atoms with Crippen molar-refractivity contribution in [2.24, 2.45) is 0 Å². The fraction of sp³-hybridized carbons (Fsp3) is 0.308. The number of hydrogen-bond donors (Lipinski definition) is 2. The van der Waals surface area contributed by atoms with E-state index in [0.717, 1.165) is 35.3 Å². The number of thiazole rings is 1. The molecular formula is C13H12N4OS. The Balaban J connectivity index is 1.81. The van der Waals surface area contributed by atoms with Crippen LogP contribution in [0.25, 0.3) is 10.2 Å². The van der Waals surface area contributed by atoms with Crippen molar-refractivity contribution in [1.82, 2.24) is 10.3 Å². The number of rotatable bonds is 2. The average Bonchev–Trinajstić information content (AvgIpc) is 3.07. The lowest BCUT2D eigenvalue weighted by molar-refractivity contribution is -0.117. The topological polar surface area (TPSA) is 77.8 Å². The molecule has 1 atom stereocenters. The number of nitrogens with zero attached hydrogens (tertiary/aromatic N) is 2. The Kier molecular flexibility index (Phi) is 3.15. The Morgan fingerprint density at radius 2 is 2.47 bits per heavy atom. The highest BCUT2D eigenvalue weighted by atomic mass is 32.1. The molecule has 0 unspecified atom stereocenters. The van der Waals surface area contributed by atoms with Gasteiger partial charge in [0, 0.05) is 5.69 Å². The number of fused-ring (bicyclic) bond motifs is 1. The van der Waals surface area contributed by atoms with E-state index in [1.54, 1.807) is 0 Å². The van der Waals surface area contributed by atoms with Gasteiger partial charge in [-0.1, -0.05) is 0 Å². The maximum Gasteiger partial charge on any atom is 0.241 e. The Labute approximate surface area is 114 Å². The quantitative estimate of drug-likeness (QED) is 0.874. The number of hydrogen-bond acceptors (Lipinski definition) is 5. The molecule has 0 aliphatic carbocycles. The van der Waals surface area contributed by atoms with Gasteiger partial charge in [-0.05, 0) is 37.6 Å². The highest BCUT2D eigenvalue weighted by molar-refractivity contribution is 7.19. The van der Waals surface area contributed by atoms with E-state index < -0.39 is 0 Å². The van der Waals surface area contributed by atoms with Gasteiger partial charge in [0.1, 0.15) is 6.07 Å². The highest BCUT2D eigenvalue weighted by Gasteiger charge is 2.21. The van der Waals surface area contributed by atoms with Gasteiger partial charge in [-0.2, -0.15) is 5.26 Å². The minimum absolute atomic E-state index is 0.00173. The van der Waals surface area contributed by atoms with E-state index in [-0.39, 0.29) is 11.9 Å². The summed E-state index contributed by atoms with van der Waals surface area (Å²) in [6.07, 6.45) is 1.92. The Bertz CT molecular complexity index is 667. The van der Waals surface area contributed by atoms with Crippen LogP contribution in [0.15, 0.2) is 18.2 Å². The zero-order chi connectivity index (χ0) is 13.2. The fourth-order valence-electron chi connectivity index (χ4n) is 2.19. The maximum absolute atomic E-state index is 12.0. The molecule has 2 heterocycles. The van der Waals surface area contributed by atoms with E-state index in [2.05, 4.69) is 15.6 Å². The van der Waals surface area contributed by atoms with Crippen molar-refractivity contribution >= 4 is 33.1 Å². The van der Waals surface area contributed by atoms with Crippen LogP contribution in [0.4, 0.5) is 5.69 Å². The molecule has 0 bridgehead atoms. The molecule has 2 N–H and O–H groups in total. The molecular weight excluding hydrogens is 260 g/mol. The molecule has 1 fully saturated rings. The van der Waals surface area contributed by atoms with Crippen molar-refractivity contribution in [3.8, 4) is 6.07 Å². The molecule has 2 aromatic rings. The number of carbonyl (C=O) groups excluding carboxylic acids is 1. The summed E-state index contributed by atoms with van der Waals surface area (Å²) in [5.41, 5.74) is 1.54. The van der Waals surface area contributed by atoms with Crippen LogP contribution >= 0.6 is 11.3 Å². The van der Waals surface area contributed by atoms with Crippen LogP contribution < -0.4 is 10.6 Å². The first-order valence-electron chi connectivity index (χ1n) is 6.11. The second kappa shape index (κ2) is 4.96. The Morgan fingerprint density at radius 1 is 1.58 bits per heavy atom. The molecule has 96 valence electrons. The van der Waals surface area contributed by atoms with Crippen molar-refractivity contribution < 1.29 is 4.79 Å². The van der Waals surface area contributed by atoms with Crippen molar-refractivity contribution in [3.63, 3.8) is 0 Å². The number of aromatic nitrogens is 1. The molecule has 6 heteroatoms. The monoisotopic (exact) mass is 272 g/mol. The van der Waals surface area contributed by atoms with Crippen LogP contribution in [-0.4, -0.2) is 23.5 Å². The summed E-state index contributed by atoms with van der Waals surface area (Å²) in [7, 11) is 0. The minimum atomic E-state index is -0.0909. The average molecular weight is 272 g/mol. The number of nitriles is 1. The van der Waals surface area contributed by atoms with Gasteiger partial charge >= 0.3 is 0 Å². The van der Waals surface area contributed by atoms with Gasteiger partial charge < -0.3 is 10.6 Å². The van der Waals surface area contributed by atoms with Crippen molar-refractivity contribution in [1.29, 1.82) is 5.26 Å². The van der Waals surface area contributed by atoms with E-state index in [1.165, 1.54) is 11.3 Å². The standard InChI is InChI=1S/C13H12N4OS/c14-7-12-17-9-4-3-8(6-11(9)19-12)16-13(18)10-2-1-5-15-10/h3-4,6,10,15H,1-2,5H2,(H,16,18)/t10-/m0/s1. The largest absolute Gasteiger partial charge is 0.325 e. The zero-order valence-electron chi connectivity index (χ0n) is 10.1. The van der Waals surface area contributed by atoms with Gasteiger partial charge in [0.15, 0.2) is 5.01 Å². The van der Waals surface area contributed by atoms with Crippen LogP contribution in [0.2, 0.25) is 0 Å². The number of benzene rings is 1. The molecule has 1 aliphatic heterocycles. The maximum atomic E-state index is 12.0. The highest BCUT2D eigenvalue weighted by Crippen LogP contribution is 2.25. The molecule has 5 nitrogen and oxygen atoms in total. The smallest absolute Gasteiger partial charge is 0.241 e. The molecule has 0 radical (unpaired) electrons. The lowest BCUT2D eigenvalue weighted by atomic mass is 10.2. The predicted molar refractivity (Wildman–Crippen MR) is 74.0 cm³/mol. The van der Waals surface area contributed by atoms with Crippen molar-refractivity contribution in [2.75, 3.05) is 11.9 Å². The third-order valence-electron chi connectivity index (χ3n) is 3.13. The molecule has 1 amide bonds. The van der Waals surface area contributed by atoms with Crippen LogP contribution in [0.5, 0.6) is 0 Å². The van der Waals surface area contributed by atoms with Gasteiger partial charge in [-0.3, -0.25) is 4.79 Å². The molecule has 0 spiro atoms. The number of anilines is 1. The molecule has 3 rings (SSSR count). The lowest BCUT2D eigenvalue weighted by Gasteiger charge is -2.10. The summed E-state index contributed by atoms with van der Waals surface area (Å²) < 4.78 is 0.911. The van der Waals surface area contributed by atoms with Crippen molar-refractivity contribution in [3.05, 3.63) is 23.2 Å². The van der Waals surface area contributed by atoms with Crippen LogP contribution in [0.1, 0.15) is 17.8 Å². The van der Waals surface area contributed by atoms with Crippen LogP contribution in [-0.2, 0) is 4.79 Å². The van der Waals surface area contributed by atoms with Crippen LogP contribution in [0, 0.1) is 11.3 Å². The van der Waals surface area contributed by atoms with E-state index in [9.17, 15) is 4.79 Å². The summed E-state index contributed by atoms with van der Waals surface area (Å²) in [5.74, 6) is 0.00173. The molecule has 1 aromatic carbocycles. The first kappa shape index (κ1) is 12.1. The van der Waals surface area contributed by atoms with E-state index in [4.69, 9.17) is 5.26 Å². The second-order valence-corrected chi connectivity index (χ2v) is 5.48.